The van der Waals surface area contributed by atoms with Gasteiger partial charge in [-0.3, -0.25) is 9.59 Å². The molecule has 5 nitrogen and oxygen atoms in total. The number of aromatic nitrogens is 2. The molecule has 0 fully saturated rings. The van der Waals surface area contributed by atoms with Gasteiger partial charge in [0.15, 0.2) is 5.69 Å². The quantitative estimate of drug-likeness (QED) is 0.717. The van der Waals surface area contributed by atoms with Crippen molar-refractivity contribution in [2.24, 2.45) is 0 Å². The molecule has 5 heteroatoms. The van der Waals surface area contributed by atoms with E-state index in [0.717, 1.165) is 23.4 Å². The standard InChI is InChI=1S/C21H19N3O2/c1-14-12-16-8-6-7-11-18(16)23(14)21(26)20-19(25)13-15(2)24(22-20)17-9-4-3-5-10-17/h3-11,13-14H,12H2,1-2H3/t14-/m0/s1. The summed E-state index contributed by atoms with van der Waals surface area (Å²) in [5, 5.41) is 4.41. The smallest absolute Gasteiger partial charge is 0.283 e. The van der Waals surface area contributed by atoms with Gasteiger partial charge in [-0.05, 0) is 44.0 Å². The highest BCUT2D eigenvalue weighted by atomic mass is 16.2. The van der Waals surface area contributed by atoms with E-state index in [-0.39, 0.29) is 23.1 Å². The van der Waals surface area contributed by atoms with E-state index in [1.165, 1.54) is 6.07 Å². The average molecular weight is 345 g/mol. The zero-order valence-corrected chi connectivity index (χ0v) is 14.7. The highest BCUT2D eigenvalue weighted by Gasteiger charge is 2.33. The van der Waals surface area contributed by atoms with Gasteiger partial charge in [0.25, 0.3) is 5.91 Å². The Kier molecular flexibility index (Phi) is 3.92. The van der Waals surface area contributed by atoms with Crippen LogP contribution in [0.25, 0.3) is 5.69 Å². The summed E-state index contributed by atoms with van der Waals surface area (Å²) in [5.41, 5.74) is 3.07. The van der Waals surface area contributed by atoms with E-state index in [4.69, 9.17) is 0 Å². The van der Waals surface area contributed by atoms with Gasteiger partial charge < -0.3 is 4.90 Å². The van der Waals surface area contributed by atoms with Crippen molar-refractivity contribution in [3.8, 4) is 5.69 Å². The third kappa shape index (κ3) is 2.62. The van der Waals surface area contributed by atoms with E-state index < -0.39 is 0 Å². The highest BCUT2D eigenvalue weighted by molar-refractivity contribution is 6.06. The maximum absolute atomic E-state index is 13.2. The third-order valence-corrected chi connectivity index (χ3v) is 4.74. The van der Waals surface area contributed by atoms with Crippen LogP contribution in [-0.2, 0) is 6.42 Å². The van der Waals surface area contributed by atoms with Crippen LogP contribution in [-0.4, -0.2) is 21.7 Å². The largest absolute Gasteiger partial charge is 0.303 e. The average Bonchev–Trinajstić information content (AvgIpc) is 2.97. The van der Waals surface area contributed by atoms with Crippen LogP contribution < -0.4 is 10.3 Å². The summed E-state index contributed by atoms with van der Waals surface area (Å²) in [7, 11) is 0. The number of carbonyl (C=O) groups is 1. The van der Waals surface area contributed by atoms with Crippen molar-refractivity contribution in [3.63, 3.8) is 0 Å². The van der Waals surface area contributed by atoms with Crippen LogP contribution in [0.5, 0.6) is 0 Å². The number of anilines is 1. The van der Waals surface area contributed by atoms with Gasteiger partial charge in [-0.2, -0.15) is 5.10 Å². The number of amides is 1. The molecule has 0 spiro atoms. The van der Waals surface area contributed by atoms with Crippen molar-refractivity contribution in [2.75, 3.05) is 4.90 Å². The number of para-hydroxylation sites is 2. The predicted octanol–water partition coefficient (Wildman–Crippen LogP) is 3.13. The molecule has 2 aromatic carbocycles. The molecular weight excluding hydrogens is 326 g/mol. The van der Waals surface area contributed by atoms with Crippen molar-refractivity contribution < 1.29 is 4.79 Å². The third-order valence-electron chi connectivity index (χ3n) is 4.74. The number of hydrogen-bond donors (Lipinski definition) is 0. The lowest BCUT2D eigenvalue weighted by Crippen LogP contribution is -2.39. The molecule has 26 heavy (non-hydrogen) atoms. The number of aryl methyl sites for hydroxylation is 1. The monoisotopic (exact) mass is 345 g/mol. The van der Waals surface area contributed by atoms with Gasteiger partial charge in [0.2, 0.25) is 5.43 Å². The Labute approximate surface area is 151 Å². The zero-order chi connectivity index (χ0) is 18.3. The molecule has 4 rings (SSSR count). The Morgan fingerprint density at radius 1 is 1.08 bits per heavy atom. The molecule has 0 aliphatic carbocycles. The van der Waals surface area contributed by atoms with Crippen molar-refractivity contribution in [1.29, 1.82) is 0 Å². The van der Waals surface area contributed by atoms with Crippen LogP contribution in [0, 0.1) is 6.92 Å². The Balaban J connectivity index is 1.81. The second-order valence-corrected chi connectivity index (χ2v) is 6.60. The van der Waals surface area contributed by atoms with Crippen molar-refractivity contribution in [3.05, 3.63) is 87.8 Å². The van der Waals surface area contributed by atoms with E-state index >= 15 is 0 Å². The number of fused-ring (bicyclic) bond motifs is 1. The Bertz CT molecular complexity index is 1040. The van der Waals surface area contributed by atoms with Gasteiger partial charge in [0.1, 0.15) is 0 Å². The molecule has 2 heterocycles. The zero-order valence-electron chi connectivity index (χ0n) is 14.7. The van der Waals surface area contributed by atoms with Gasteiger partial charge in [0.05, 0.1) is 5.69 Å². The SMILES string of the molecule is Cc1cc(=O)c(C(=O)N2c3ccccc3C[C@@H]2C)nn1-c1ccccc1. The molecule has 1 aromatic heterocycles. The topological polar surface area (TPSA) is 55.2 Å². The Hall–Kier alpha value is -3.21. The fourth-order valence-electron chi connectivity index (χ4n) is 3.52. The maximum atomic E-state index is 13.2. The van der Waals surface area contributed by atoms with E-state index in [1.807, 2.05) is 68.4 Å². The van der Waals surface area contributed by atoms with Crippen LogP contribution in [0.2, 0.25) is 0 Å². The van der Waals surface area contributed by atoms with E-state index in [9.17, 15) is 9.59 Å². The summed E-state index contributed by atoms with van der Waals surface area (Å²) in [6.07, 6.45) is 0.778. The summed E-state index contributed by atoms with van der Waals surface area (Å²) < 4.78 is 1.64. The minimum Gasteiger partial charge on any atom is -0.303 e. The van der Waals surface area contributed by atoms with Gasteiger partial charge in [-0.25, -0.2) is 4.68 Å². The number of rotatable bonds is 2. The molecule has 1 atom stereocenters. The molecule has 0 N–H and O–H groups in total. The molecule has 1 amide bonds. The number of hydrogen-bond acceptors (Lipinski definition) is 3. The lowest BCUT2D eigenvalue weighted by Gasteiger charge is -2.22. The lowest BCUT2D eigenvalue weighted by molar-refractivity contribution is 0.0974. The number of nitrogens with zero attached hydrogens (tertiary/aromatic N) is 3. The minimum atomic E-state index is -0.351. The maximum Gasteiger partial charge on any atom is 0.283 e. The summed E-state index contributed by atoms with van der Waals surface area (Å²) in [4.78, 5) is 27.4. The lowest BCUT2D eigenvalue weighted by atomic mass is 10.1. The first kappa shape index (κ1) is 16.3. The van der Waals surface area contributed by atoms with Crippen LogP contribution >= 0.6 is 0 Å². The molecule has 130 valence electrons. The predicted molar refractivity (Wildman–Crippen MR) is 101 cm³/mol. The molecule has 0 saturated heterocycles. The number of carbonyl (C=O) groups excluding carboxylic acids is 1. The summed E-state index contributed by atoms with van der Waals surface area (Å²) in [6, 6.07) is 18.8. The Morgan fingerprint density at radius 2 is 1.77 bits per heavy atom. The van der Waals surface area contributed by atoms with Gasteiger partial charge in [0, 0.05) is 23.5 Å². The van der Waals surface area contributed by atoms with Gasteiger partial charge in [-0.15, -0.1) is 0 Å². The van der Waals surface area contributed by atoms with Crippen LogP contribution in [0.3, 0.4) is 0 Å². The van der Waals surface area contributed by atoms with Gasteiger partial charge in [-0.1, -0.05) is 36.4 Å². The highest BCUT2D eigenvalue weighted by Crippen LogP contribution is 2.32. The van der Waals surface area contributed by atoms with Gasteiger partial charge >= 0.3 is 0 Å². The first-order chi connectivity index (χ1) is 12.6. The van der Waals surface area contributed by atoms with E-state index in [0.29, 0.717) is 5.69 Å². The fraction of sp³-hybridized carbons (Fsp3) is 0.190. The molecular formula is C21H19N3O2. The van der Waals surface area contributed by atoms with Crippen LogP contribution in [0.1, 0.15) is 28.7 Å². The van der Waals surface area contributed by atoms with Crippen LogP contribution in [0.15, 0.2) is 65.5 Å². The number of benzene rings is 2. The summed E-state index contributed by atoms with van der Waals surface area (Å²) in [6.45, 7) is 3.80. The minimum absolute atomic E-state index is 0.00687. The van der Waals surface area contributed by atoms with Crippen molar-refractivity contribution in [2.45, 2.75) is 26.3 Å². The second kappa shape index (κ2) is 6.26. The van der Waals surface area contributed by atoms with E-state index in [2.05, 4.69) is 5.10 Å². The molecule has 0 unspecified atom stereocenters. The van der Waals surface area contributed by atoms with E-state index in [1.54, 1.807) is 9.58 Å². The molecule has 0 radical (unpaired) electrons. The first-order valence-electron chi connectivity index (χ1n) is 8.64. The van der Waals surface area contributed by atoms with Crippen molar-refractivity contribution >= 4 is 11.6 Å². The molecule has 1 aliphatic heterocycles. The first-order valence-corrected chi connectivity index (χ1v) is 8.64. The normalized spacial score (nSPS) is 15.8. The summed E-state index contributed by atoms with van der Waals surface area (Å²) >= 11 is 0. The Morgan fingerprint density at radius 3 is 2.54 bits per heavy atom. The molecule has 1 aliphatic rings. The summed E-state index contributed by atoms with van der Waals surface area (Å²) in [5.74, 6) is -0.350. The van der Waals surface area contributed by atoms with Crippen LogP contribution in [0.4, 0.5) is 5.69 Å². The van der Waals surface area contributed by atoms with Crippen molar-refractivity contribution in [1.82, 2.24) is 9.78 Å². The molecule has 0 saturated carbocycles. The molecule has 0 bridgehead atoms. The second-order valence-electron chi connectivity index (χ2n) is 6.60. The fourth-order valence-corrected chi connectivity index (χ4v) is 3.52. The molecule has 3 aromatic rings.